The molecule has 0 saturated heterocycles. The number of nitrogens with zero attached hydrogens (tertiary/aromatic N) is 3. The predicted molar refractivity (Wildman–Crippen MR) is 190 cm³/mol. The number of ether oxygens (including phenoxy) is 1. The summed E-state index contributed by atoms with van der Waals surface area (Å²) in [4.78, 5) is 44.1. The third-order valence-electron chi connectivity index (χ3n) is 9.05. The van der Waals surface area contributed by atoms with Crippen LogP contribution in [0.1, 0.15) is 73.7 Å². The molecule has 11 nitrogen and oxygen atoms in total. The van der Waals surface area contributed by atoms with Gasteiger partial charge in [-0.1, -0.05) is 48.2 Å². The predicted octanol–water partition coefficient (Wildman–Crippen LogP) is 4.41. The summed E-state index contributed by atoms with van der Waals surface area (Å²) in [6, 6.07) is 14.5. The average Bonchev–Trinajstić information content (AvgIpc) is 3.61. The highest BCUT2D eigenvalue weighted by atomic mass is 16.7. The van der Waals surface area contributed by atoms with Gasteiger partial charge in [-0.05, 0) is 67.9 Å². The lowest BCUT2D eigenvalue weighted by atomic mass is 9.92. The molecule has 1 aromatic heterocycles. The number of aliphatic hydroxyl groups is 1. The smallest absolute Gasteiger partial charge is 0.257 e. The molecule has 0 bridgehead atoms. The highest BCUT2D eigenvalue weighted by Gasteiger charge is 2.26. The number of aromatic nitrogens is 1. The van der Waals surface area contributed by atoms with Crippen molar-refractivity contribution in [3.05, 3.63) is 76.1 Å². The lowest BCUT2D eigenvalue weighted by molar-refractivity contribution is -0.883. The van der Waals surface area contributed by atoms with Gasteiger partial charge >= 0.3 is 0 Å². The van der Waals surface area contributed by atoms with E-state index < -0.39 is 12.0 Å². The molecule has 3 aromatic rings. The van der Waals surface area contributed by atoms with E-state index in [1.54, 1.807) is 18.3 Å². The first kappa shape index (κ1) is 35.6. The minimum absolute atomic E-state index is 0.0187. The Morgan fingerprint density at radius 1 is 1.06 bits per heavy atom. The quantitative estimate of drug-likeness (QED) is 0.140. The van der Waals surface area contributed by atoms with Crippen LogP contribution in [0.3, 0.4) is 0 Å². The maximum Gasteiger partial charge on any atom is 0.257 e. The van der Waals surface area contributed by atoms with Crippen molar-refractivity contribution in [2.75, 3.05) is 45.7 Å². The monoisotopic (exact) mass is 670 g/mol. The molecule has 2 aromatic carbocycles. The van der Waals surface area contributed by atoms with Gasteiger partial charge in [-0.15, -0.1) is 0 Å². The standard InChI is InChI=1S/C38H47N5O6/c1-43(2,23-10-11-24-48-36-21-25-49-41-36)22-9-3-4-16-35(45)39-29-19-17-28(18-20-29)26-42-27-31(37(46)30-12-5-7-14-33(30)42)38(47)40-32-13-6-8-15-34(32)44/h5,7,12,14,17-20,27,32,34,44H,3-4,6,8-9,13,15-16,21-26H2,1-2H3,(H-,39,40,45,47)/p+1/t32-,34-/m0/s1. The molecule has 1 fully saturated rings. The van der Waals surface area contributed by atoms with Crippen LogP contribution in [0.15, 0.2) is 64.7 Å². The van der Waals surface area contributed by atoms with E-state index in [0.717, 1.165) is 66.4 Å². The number of carbonyl (C=O) groups is 2. The molecule has 2 heterocycles. The highest BCUT2D eigenvalue weighted by molar-refractivity contribution is 5.97. The number of benzene rings is 2. The van der Waals surface area contributed by atoms with Crippen LogP contribution in [0.5, 0.6) is 0 Å². The molecule has 1 saturated carbocycles. The fourth-order valence-corrected chi connectivity index (χ4v) is 6.19. The maximum absolute atomic E-state index is 13.3. The van der Waals surface area contributed by atoms with E-state index >= 15 is 0 Å². The first-order valence-electron chi connectivity index (χ1n) is 17.3. The number of anilines is 1. The molecule has 2 amide bonds. The Hall–Kier alpha value is -4.66. The fraction of sp³-hybridized carbons (Fsp3) is 0.474. The number of pyridine rings is 1. The molecule has 0 unspecified atom stereocenters. The van der Waals surface area contributed by atoms with Crippen molar-refractivity contribution < 1.29 is 28.8 Å². The second-order valence-corrected chi connectivity index (χ2v) is 13.5. The van der Waals surface area contributed by atoms with Crippen molar-refractivity contribution in [2.24, 2.45) is 5.16 Å². The van der Waals surface area contributed by atoms with Gasteiger partial charge in [0.25, 0.3) is 5.91 Å². The van der Waals surface area contributed by atoms with Crippen LogP contribution in [0.4, 0.5) is 5.69 Å². The van der Waals surface area contributed by atoms with Gasteiger partial charge in [0.2, 0.25) is 17.2 Å². The van der Waals surface area contributed by atoms with E-state index in [2.05, 4.69) is 41.7 Å². The van der Waals surface area contributed by atoms with Crippen LogP contribution in [0.2, 0.25) is 0 Å². The third-order valence-corrected chi connectivity index (χ3v) is 9.05. The minimum atomic E-state index is -0.604. The molecule has 260 valence electrons. The second-order valence-electron chi connectivity index (χ2n) is 13.5. The van der Waals surface area contributed by atoms with Crippen LogP contribution in [0.25, 0.3) is 10.9 Å². The van der Waals surface area contributed by atoms with Crippen molar-refractivity contribution in [3.63, 3.8) is 0 Å². The molecule has 49 heavy (non-hydrogen) atoms. The summed E-state index contributed by atoms with van der Waals surface area (Å²) in [6.45, 7) is 3.02. The van der Waals surface area contributed by atoms with E-state index in [4.69, 9.17) is 9.57 Å². The van der Waals surface area contributed by atoms with Crippen molar-refractivity contribution >= 4 is 34.3 Å². The van der Waals surface area contributed by atoms with E-state index in [-0.39, 0.29) is 22.9 Å². The molecule has 11 heteroatoms. The van der Waals surface area contributed by atoms with Crippen LogP contribution in [-0.2, 0) is 20.9 Å². The molecule has 0 radical (unpaired) electrons. The number of aliphatic hydroxyl groups excluding tert-OH is 1. The molecule has 2 atom stereocenters. The van der Waals surface area contributed by atoms with Gasteiger partial charge in [0.05, 0.1) is 44.7 Å². The van der Waals surface area contributed by atoms with Gasteiger partial charge in [-0.25, -0.2) is 0 Å². The number of carbonyl (C=O) groups excluding carboxylic acids is 2. The van der Waals surface area contributed by atoms with Crippen LogP contribution < -0.4 is 16.1 Å². The molecule has 1 aliphatic carbocycles. The number of hydrogen-bond acceptors (Lipinski definition) is 7. The maximum atomic E-state index is 13.3. The second kappa shape index (κ2) is 17.1. The summed E-state index contributed by atoms with van der Waals surface area (Å²) in [5.41, 5.74) is 2.14. The molecular formula is C38H48N5O6+. The molecule has 3 N–H and O–H groups in total. The topological polar surface area (TPSA) is 131 Å². The summed E-state index contributed by atoms with van der Waals surface area (Å²) in [5, 5.41) is 20.5. The van der Waals surface area contributed by atoms with E-state index in [1.165, 1.54) is 0 Å². The fourth-order valence-electron chi connectivity index (χ4n) is 6.19. The normalized spacial score (nSPS) is 17.4. The number of nitrogens with one attached hydrogen (secondary N) is 2. The Balaban J connectivity index is 1.08. The summed E-state index contributed by atoms with van der Waals surface area (Å²) < 4.78 is 8.14. The van der Waals surface area contributed by atoms with Crippen LogP contribution in [-0.4, -0.2) is 84.4 Å². The first-order chi connectivity index (χ1) is 23.7. The van der Waals surface area contributed by atoms with E-state index in [0.29, 0.717) is 56.7 Å². The van der Waals surface area contributed by atoms with E-state index in [9.17, 15) is 19.5 Å². The highest BCUT2D eigenvalue weighted by Crippen LogP contribution is 2.20. The largest absolute Gasteiger partial charge is 0.465 e. The zero-order valence-corrected chi connectivity index (χ0v) is 28.6. The SMILES string of the molecule is C[N+](C)(CC#CCOC1=NOCC1)CCCCCC(=O)Nc1ccc(Cn2cc(C(=O)N[C@H]3CCCC[C@@H]3O)c(=O)c3ccccc32)cc1. The Kier molecular flexibility index (Phi) is 12.5. The molecule has 2 aliphatic rings. The number of rotatable bonds is 13. The van der Waals surface area contributed by atoms with Gasteiger partial charge < -0.3 is 34.4 Å². The number of oxime groups is 1. The number of quaternary nitrogens is 1. The number of amides is 2. The number of hydrogen-bond donors (Lipinski definition) is 3. The molecule has 0 spiro atoms. The Morgan fingerprint density at radius 3 is 2.63 bits per heavy atom. The molecule has 5 rings (SSSR count). The van der Waals surface area contributed by atoms with Gasteiger partial charge in [0.1, 0.15) is 18.7 Å². The summed E-state index contributed by atoms with van der Waals surface area (Å²) in [5.74, 6) is 6.35. The van der Waals surface area contributed by atoms with E-state index in [1.807, 2.05) is 41.0 Å². The number of para-hydroxylation sites is 1. The molecule has 1 aliphatic heterocycles. The number of unbranched alkanes of at least 4 members (excludes halogenated alkanes) is 2. The average molecular weight is 671 g/mol. The zero-order valence-electron chi connectivity index (χ0n) is 28.6. The van der Waals surface area contributed by atoms with Gasteiger partial charge in [-0.2, -0.15) is 0 Å². The Labute approximate surface area is 287 Å². The summed E-state index contributed by atoms with van der Waals surface area (Å²) in [7, 11) is 4.31. The minimum Gasteiger partial charge on any atom is -0.465 e. The lowest BCUT2D eigenvalue weighted by Crippen LogP contribution is -2.46. The van der Waals surface area contributed by atoms with Gasteiger partial charge in [0.15, 0.2) is 6.61 Å². The van der Waals surface area contributed by atoms with Crippen LogP contribution >= 0.6 is 0 Å². The Bertz CT molecular complexity index is 1750. The van der Waals surface area contributed by atoms with Crippen molar-refractivity contribution in [1.29, 1.82) is 0 Å². The van der Waals surface area contributed by atoms with Crippen LogP contribution in [0, 0.1) is 11.8 Å². The van der Waals surface area contributed by atoms with Gasteiger partial charge in [0, 0.05) is 30.2 Å². The van der Waals surface area contributed by atoms with Crippen molar-refractivity contribution in [1.82, 2.24) is 9.88 Å². The molecular weight excluding hydrogens is 622 g/mol. The first-order valence-corrected chi connectivity index (χ1v) is 17.3. The summed E-state index contributed by atoms with van der Waals surface area (Å²) >= 11 is 0. The van der Waals surface area contributed by atoms with Gasteiger partial charge in [-0.3, -0.25) is 14.4 Å². The number of fused-ring (bicyclic) bond motifs is 1. The third kappa shape index (κ3) is 10.4. The van der Waals surface area contributed by atoms with Crippen molar-refractivity contribution in [3.8, 4) is 11.8 Å². The van der Waals surface area contributed by atoms with Crippen molar-refractivity contribution in [2.45, 2.75) is 76.5 Å². The zero-order chi connectivity index (χ0) is 34.6. The Morgan fingerprint density at radius 2 is 1.86 bits per heavy atom. The summed E-state index contributed by atoms with van der Waals surface area (Å²) in [6.07, 6.45) is 8.12. The lowest BCUT2D eigenvalue weighted by Gasteiger charge is -2.28.